The number of thiophene rings is 1. The highest BCUT2D eigenvalue weighted by atomic mass is 32.1. The molecule has 1 aromatic heterocycles. The first kappa shape index (κ1) is 18.3. The lowest BCUT2D eigenvalue weighted by Gasteiger charge is -2.26. The summed E-state index contributed by atoms with van der Waals surface area (Å²) >= 11 is 1.67. The molecule has 2 heterocycles. The lowest BCUT2D eigenvalue weighted by Crippen LogP contribution is -2.23. The summed E-state index contributed by atoms with van der Waals surface area (Å²) in [4.78, 5) is 13.7. The molecule has 1 atom stereocenters. The molecule has 0 bridgehead atoms. The van der Waals surface area contributed by atoms with Crippen LogP contribution in [0.25, 0.3) is 11.1 Å². The van der Waals surface area contributed by atoms with E-state index in [1.807, 2.05) is 36.4 Å². The Bertz CT molecular complexity index is 1010. The molecule has 4 rings (SSSR count). The predicted octanol–water partition coefficient (Wildman–Crippen LogP) is 5.46. The van der Waals surface area contributed by atoms with Crippen LogP contribution in [-0.4, -0.2) is 19.6 Å². The first-order valence-corrected chi connectivity index (χ1v) is 9.98. The zero-order chi connectivity index (χ0) is 19.5. The van der Waals surface area contributed by atoms with Crippen LogP contribution in [0.15, 0.2) is 66.6 Å². The lowest BCUT2D eigenvalue weighted by atomic mass is 9.88. The minimum atomic E-state index is -0.0823. The normalized spacial score (nSPS) is 15.5. The number of carbonyl (C=O) groups is 1. The molecule has 0 unspecified atom stereocenters. The van der Waals surface area contributed by atoms with Gasteiger partial charge < -0.3 is 14.8 Å². The SMILES string of the molecule is C=CCOc1c(OC)cccc1[C@@H]1CC(=O)Nc2c(-c3ccccc3)csc21. The average Bonchev–Trinajstić information content (AvgIpc) is 3.15. The van der Waals surface area contributed by atoms with Crippen molar-refractivity contribution < 1.29 is 14.3 Å². The first-order chi connectivity index (χ1) is 13.7. The van der Waals surface area contributed by atoms with Gasteiger partial charge in [-0.05, 0) is 11.6 Å². The fraction of sp³-hybridized carbons (Fsp3) is 0.174. The smallest absolute Gasteiger partial charge is 0.225 e. The van der Waals surface area contributed by atoms with E-state index in [1.165, 1.54) is 0 Å². The molecule has 142 valence electrons. The van der Waals surface area contributed by atoms with Crippen molar-refractivity contribution in [3.63, 3.8) is 0 Å². The third kappa shape index (κ3) is 3.29. The number of rotatable bonds is 6. The summed E-state index contributed by atoms with van der Waals surface area (Å²) in [7, 11) is 1.62. The quantitative estimate of drug-likeness (QED) is 0.568. The number of para-hydroxylation sites is 1. The van der Waals surface area contributed by atoms with Crippen LogP contribution in [0.5, 0.6) is 11.5 Å². The summed E-state index contributed by atoms with van der Waals surface area (Å²) in [5, 5.41) is 5.20. The Morgan fingerprint density at radius 2 is 2.04 bits per heavy atom. The minimum Gasteiger partial charge on any atom is -0.493 e. The van der Waals surface area contributed by atoms with E-state index in [0.717, 1.165) is 27.3 Å². The van der Waals surface area contributed by atoms with Gasteiger partial charge in [0.25, 0.3) is 0 Å². The van der Waals surface area contributed by atoms with E-state index in [9.17, 15) is 4.79 Å². The van der Waals surface area contributed by atoms with Gasteiger partial charge in [0.15, 0.2) is 11.5 Å². The molecule has 1 aliphatic rings. The van der Waals surface area contributed by atoms with Gasteiger partial charge >= 0.3 is 0 Å². The molecule has 0 fully saturated rings. The van der Waals surface area contributed by atoms with Gasteiger partial charge in [-0.3, -0.25) is 4.79 Å². The van der Waals surface area contributed by atoms with Crippen LogP contribution in [0, 0.1) is 0 Å². The molecule has 5 heteroatoms. The van der Waals surface area contributed by atoms with E-state index in [1.54, 1.807) is 24.5 Å². The van der Waals surface area contributed by atoms with Gasteiger partial charge in [0.05, 0.1) is 12.8 Å². The standard InChI is InChI=1S/C23H21NO3S/c1-3-12-27-22-16(10-7-11-19(22)26-2)17-13-20(25)24-21-18(14-28-23(17)21)15-8-5-4-6-9-15/h3-11,14,17H,1,12-13H2,2H3,(H,24,25)/t17-/m0/s1. The molecule has 3 aromatic rings. The summed E-state index contributed by atoms with van der Waals surface area (Å²) in [5.74, 6) is 1.25. The Balaban J connectivity index is 1.83. The van der Waals surface area contributed by atoms with Crippen LogP contribution in [0.1, 0.15) is 22.8 Å². The fourth-order valence-corrected chi connectivity index (χ4v) is 4.72. The van der Waals surface area contributed by atoms with Crippen LogP contribution in [0.2, 0.25) is 0 Å². The number of methoxy groups -OCH3 is 1. The van der Waals surface area contributed by atoms with Crippen molar-refractivity contribution in [2.24, 2.45) is 0 Å². The van der Waals surface area contributed by atoms with Gasteiger partial charge in [-0.2, -0.15) is 0 Å². The molecule has 1 N–H and O–H groups in total. The maximum absolute atomic E-state index is 12.6. The third-order valence-corrected chi connectivity index (χ3v) is 5.92. The molecule has 2 aromatic carbocycles. The molecule has 1 aliphatic heterocycles. The van der Waals surface area contributed by atoms with Crippen molar-refractivity contribution in [3.8, 4) is 22.6 Å². The van der Waals surface area contributed by atoms with E-state index in [2.05, 4.69) is 29.4 Å². The van der Waals surface area contributed by atoms with E-state index in [4.69, 9.17) is 9.47 Å². The Morgan fingerprint density at radius 1 is 1.21 bits per heavy atom. The molecule has 0 saturated carbocycles. The topological polar surface area (TPSA) is 47.6 Å². The summed E-state index contributed by atoms with van der Waals surface area (Å²) in [6.45, 7) is 4.10. The summed E-state index contributed by atoms with van der Waals surface area (Å²) < 4.78 is 11.4. The molecule has 0 radical (unpaired) electrons. The van der Waals surface area contributed by atoms with Gasteiger partial charge in [-0.25, -0.2) is 0 Å². The molecule has 0 saturated heterocycles. The second kappa shape index (κ2) is 7.90. The summed E-state index contributed by atoms with van der Waals surface area (Å²) in [6, 6.07) is 15.9. The zero-order valence-corrected chi connectivity index (χ0v) is 16.4. The average molecular weight is 391 g/mol. The van der Waals surface area contributed by atoms with Crippen molar-refractivity contribution in [2.75, 3.05) is 19.0 Å². The number of carbonyl (C=O) groups excluding carboxylic acids is 1. The van der Waals surface area contributed by atoms with Crippen LogP contribution in [0.4, 0.5) is 5.69 Å². The van der Waals surface area contributed by atoms with Crippen molar-refractivity contribution in [2.45, 2.75) is 12.3 Å². The molecule has 0 spiro atoms. The van der Waals surface area contributed by atoms with Gasteiger partial charge in [0.1, 0.15) is 6.61 Å². The van der Waals surface area contributed by atoms with Crippen LogP contribution in [0.3, 0.4) is 0 Å². The number of fused-ring (bicyclic) bond motifs is 1. The van der Waals surface area contributed by atoms with Crippen LogP contribution in [-0.2, 0) is 4.79 Å². The van der Waals surface area contributed by atoms with Crippen molar-refractivity contribution in [1.29, 1.82) is 0 Å². The number of anilines is 1. The molecule has 4 nitrogen and oxygen atoms in total. The number of hydrogen-bond acceptors (Lipinski definition) is 4. The second-order valence-corrected chi connectivity index (χ2v) is 7.45. The van der Waals surface area contributed by atoms with Crippen LogP contribution >= 0.6 is 11.3 Å². The molecule has 0 aliphatic carbocycles. The first-order valence-electron chi connectivity index (χ1n) is 9.10. The Hall–Kier alpha value is -3.05. The van der Waals surface area contributed by atoms with Crippen molar-refractivity contribution in [1.82, 2.24) is 0 Å². The number of ether oxygens (including phenoxy) is 2. The number of benzene rings is 2. The zero-order valence-electron chi connectivity index (χ0n) is 15.6. The number of hydrogen-bond donors (Lipinski definition) is 1. The molecule has 1 amide bonds. The monoisotopic (exact) mass is 391 g/mol. The summed E-state index contributed by atoms with van der Waals surface area (Å²) in [6.07, 6.45) is 2.08. The van der Waals surface area contributed by atoms with E-state index >= 15 is 0 Å². The number of amides is 1. The summed E-state index contributed by atoms with van der Waals surface area (Å²) in [5.41, 5.74) is 4.00. The minimum absolute atomic E-state index is 0.00516. The van der Waals surface area contributed by atoms with E-state index in [0.29, 0.717) is 24.5 Å². The van der Waals surface area contributed by atoms with Crippen molar-refractivity contribution >= 4 is 22.9 Å². The van der Waals surface area contributed by atoms with Gasteiger partial charge in [-0.1, -0.05) is 55.1 Å². The molecule has 28 heavy (non-hydrogen) atoms. The van der Waals surface area contributed by atoms with E-state index in [-0.39, 0.29) is 11.8 Å². The highest BCUT2D eigenvalue weighted by Crippen LogP contribution is 2.49. The third-order valence-electron chi connectivity index (χ3n) is 4.82. The van der Waals surface area contributed by atoms with Crippen LogP contribution < -0.4 is 14.8 Å². The lowest BCUT2D eigenvalue weighted by molar-refractivity contribution is -0.116. The Morgan fingerprint density at radius 3 is 2.79 bits per heavy atom. The highest BCUT2D eigenvalue weighted by molar-refractivity contribution is 7.11. The van der Waals surface area contributed by atoms with E-state index < -0.39 is 0 Å². The Labute approximate surface area is 168 Å². The molecular weight excluding hydrogens is 370 g/mol. The molecular formula is C23H21NO3S. The Kier molecular flexibility index (Phi) is 5.17. The highest BCUT2D eigenvalue weighted by Gasteiger charge is 2.33. The largest absolute Gasteiger partial charge is 0.493 e. The van der Waals surface area contributed by atoms with Gasteiger partial charge in [0, 0.05) is 33.7 Å². The van der Waals surface area contributed by atoms with Crippen molar-refractivity contribution in [3.05, 3.63) is 77.0 Å². The number of nitrogens with one attached hydrogen (secondary N) is 1. The van der Waals surface area contributed by atoms with Gasteiger partial charge in [0.2, 0.25) is 5.91 Å². The predicted molar refractivity (Wildman–Crippen MR) is 114 cm³/mol. The second-order valence-electron chi connectivity index (χ2n) is 6.54. The maximum atomic E-state index is 12.6. The maximum Gasteiger partial charge on any atom is 0.225 e. The van der Waals surface area contributed by atoms with Gasteiger partial charge in [-0.15, -0.1) is 11.3 Å². The fourth-order valence-electron chi connectivity index (χ4n) is 3.57.